The Labute approximate surface area is 135 Å². The lowest BCUT2D eigenvalue weighted by molar-refractivity contribution is 0.0320. The molecule has 2 aliphatic heterocycles. The van der Waals surface area contributed by atoms with E-state index in [1.165, 1.54) is 0 Å². The fourth-order valence-corrected chi connectivity index (χ4v) is 3.47. The summed E-state index contributed by atoms with van der Waals surface area (Å²) in [6.07, 6.45) is 0. The molecule has 2 fully saturated rings. The van der Waals surface area contributed by atoms with Gasteiger partial charge in [0.1, 0.15) is 12.4 Å². The van der Waals surface area contributed by atoms with Crippen LogP contribution in [0.25, 0.3) is 0 Å². The second-order valence-corrected chi connectivity index (χ2v) is 6.37. The molecule has 3 N–H and O–H groups in total. The van der Waals surface area contributed by atoms with Crippen molar-refractivity contribution in [2.24, 2.45) is 5.84 Å². The van der Waals surface area contributed by atoms with Gasteiger partial charge in [0.15, 0.2) is 0 Å². The van der Waals surface area contributed by atoms with E-state index < -0.39 is 0 Å². The number of rotatable bonds is 6. The number of pyridine rings is 1. The maximum absolute atomic E-state index is 5.83. The summed E-state index contributed by atoms with van der Waals surface area (Å²) in [6, 6.07) is 3.80. The Morgan fingerprint density at radius 1 is 1.32 bits per heavy atom. The topological polar surface area (TPSA) is 75.9 Å². The standard InChI is InChI=1S/C14H23N5O2S/c15-17-12-9-13(19-4-8-22-11-19)16-14(10-12)21-7-3-18-1-5-20-6-2-18/h9-10H,1-8,11,15H2,(H,16,17). The van der Waals surface area contributed by atoms with Crippen LogP contribution in [-0.2, 0) is 4.74 Å². The first kappa shape index (κ1) is 15.7. The second-order valence-electron chi connectivity index (χ2n) is 5.30. The second kappa shape index (κ2) is 7.87. The Balaban J connectivity index is 1.58. The fourth-order valence-electron chi connectivity index (χ4n) is 2.51. The Morgan fingerprint density at radius 3 is 2.91 bits per heavy atom. The quantitative estimate of drug-likeness (QED) is 0.581. The number of nitrogens with zero attached hydrogens (tertiary/aromatic N) is 3. The number of hydrogen-bond acceptors (Lipinski definition) is 8. The Bertz CT molecular complexity index is 478. The predicted molar refractivity (Wildman–Crippen MR) is 89.5 cm³/mol. The average molecular weight is 325 g/mol. The lowest BCUT2D eigenvalue weighted by Gasteiger charge is -2.26. The van der Waals surface area contributed by atoms with Crippen LogP contribution in [0.4, 0.5) is 11.5 Å². The molecule has 0 amide bonds. The SMILES string of the molecule is NNc1cc(OCCN2CCOCC2)nc(N2CCSC2)c1. The van der Waals surface area contributed by atoms with Gasteiger partial charge in [-0.1, -0.05) is 0 Å². The van der Waals surface area contributed by atoms with E-state index in [2.05, 4.69) is 20.2 Å². The number of morpholine rings is 1. The van der Waals surface area contributed by atoms with E-state index in [1.54, 1.807) is 0 Å². The zero-order valence-electron chi connectivity index (χ0n) is 12.7. The van der Waals surface area contributed by atoms with Gasteiger partial charge in [0.05, 0.1) is 24.8 Å². The number of nitrogens with one attached hydrogen (secondary N) is 1. The summed E-state index contributed by atoms with van der Waals surface area (Å²) < 4.78 is 11.2. The van der Waals surface area contributed by atoms with Gasteiger partial charge in [-0.2, -0.15) is 4.98 Å². The van der Waals surface area contributed by atoms with Gasteiger partial charge in [-0.25, -0.2) is 0 Å². The number of ether oxygens (including phenoxy) is 2. The van der Waals surface area contributed by atoms with Crippen LogP contribution >= 0.6 is 11.8 Å². The molecular formula is C14H23N5O2S. The monoisotopic (exact) mass is 325 g/mol. The van der Waals surface area contributed by atoms with Crippen LogP contribution in [0.5, 0.6) is 5.88 Å². The Kier molecular flexibility index (Phi) is 5.60. The van der Waals surface area contributed by atoms with E-state index in [0.29, 0.717) is 12.5 Å². The first-order valence-corrected chi connectivity index (χ1v) is 8.75. The number of anilines is 2. The smallest absolute Gasteiger partial charge is 0.217 e. The number of hydrazine groups is 1. The summed E-state index contributed by atoms with van der Waals surface area (Å²) in [5.41, 5.74) is 3.51. The van der Waals surface area contributed by atoms with Crippen molar-refractivity contribution < 1.29 is 9.47 Å². The highest BCUT2D eigenvalue weighted by Crippen LogP contribution is 2.26. The van der Waals surface area contributed by atoms with Crippen molar-refractivity contribution in [1.29, 1.82) is 0 Å². The van der Waals surface area contributed by atoms with E-state index in [-0.39, 0.29) is 0 Å². The first-order chi connectivity index (χ1) is 10.8. The van der Waals surface area contributed by atoms with Gasteiger partial charge < -0.3 is 19.8 Å². The zero-order chi connectivity index (χ0) is 15.2. The maximum atomic E-state index is 5.83. The minimum Gasteiger partial charge on any atom is -0.476 e. The van der Waals surface area contributed by atoms with Crippen molar-refractivity contribution in [3.63, 3.8) is 0 Å². The molecule has 3 heterocycles. The molecule has 0 spiro atoms. The molecule has 22 heavy (non-hydrogen) atoms. The normalized spacial score (nSPS) is 19.4. The van der Waals surface area contributed by atoms with E-state index >= 15 is 0 Å². The van der Waals surface area contributed by atoms with Crippen molar-refractivity contribution in [3.05, 3.63) is 12.1 Å². The molecule has 0 saturated carbocycles. The maximum Gasteiger partial charge on any atom is 0.217 e. The molecule has 0 radical (unpaired) electrons. The summed E-state index contributed by atoms with van der Waals surface area (Å²) in [4.78, 5) is 9.17. The van der Waals surface area contributed by atoms with Gasteiger partial charge >= 0.3 is 0 Å². The number of thioether (sulfide) groups is 1. The van der Waals surface area contributed by atoms with E-state index in [4.69, 9.17) is 15.3 Å². The van der Waals surface area contributed by atoms with Gasteiger partial charge in [-0.3, -0.25) is 10.7 Å². The number of aromatic nitrogens is 1. The molecule has 0 aliphatic carbocycles. The summed E-state index contributed by atoms with van der Waals surface area (Å²) in [7, 11) is 0. The van der Waals surface area contributed by atoms with Crippen LogP contribution in [0.15, 0.2) is 12.1 Å². The number of nitrogens with two attached hydrogens (primary N) is 1. The van der Waals surface area contributed by atoms with Gasteiger partial charge in [-0.05, 0) is 0 Å². The average Bonchev–Trinajstić information content (AvgIpc) is 3.10. The summed E-state index contributed by atoms with van der Waals surface area (Å²) in [5, 5.41) is 0. The van der Waals surface area contributed by atoms with Crippen LogP contribution in [0.2, 0.25) is 0 Å². The summed E-state index contributed by atoms with van der Waals surface area (Å²) in [5.74, 6) is 9.19. The number of hydrogen-bond donors (Lipinski definition) is 2. The molecule has 2 saturated heterocycles. The molecule has 1 aromatic rings. The van der Waals surface area contributed by atoms with Crippen LogP contribution in [0, 0.1) is 0 Å². The van der Waals surface area contributed by atoms with E-state index in [1.807, 2.05) is 23.9 Å². The Morgan fingerprint density at radius 2 is 2.18 bits per heavy atom. The highest BCUT2D eigenvalue weighted by Gasteiger charge is 2.16. The minimum absolute atomic E-state index is 0.620. The predicted octanol–water partition coefficient (Wildman–Crippen LogP) is 0.589. The highest BCUT2D eigenvalue weighted by molar-refractivity contribution is 7.99. The van der Waals surface area contributed by atoms with Gasteiger partial charge in [-0.15, -0.1) is 11.8 Å². The lowest BCUT2D eigenvalue weighted by Crippen LogP contribution is -2.38. The molecule has 0 unspecified atom stereocenters. The van der Waals surface area contributed by atoms with Crippen LogP contribution in [-0.4, -0.2) is 67.5 Å². The first-order valence-electron chi connectivity index (χ1n) is 7.59. The third-order valence-corrected chi connectivity index (χ3v) is 4.76. The third-order valence-electron chi connectivity index (χ3n) is 3.79. The molecule has 2 aliphatic rings. The van der Waals surface area contributed by atoms with Crippen LogP contribution in [0.1, 0.15) is 0 Å². The summed E-state index contributed by atoms with van der Waals surface area (Å²) >= 11 is 1.91. The van der Waals surface area contributed by atoms with Gasteiger partial charge in [0.25, 0.3) is 0 Å². The summed E-state index contributed by atoms with van der Waals surface area (Å²) in [6.45, 7) is 6.08. The van der Waals surface area contributed by atoms with Crippen LogP contribution < -0.4 is 20.9 Å². The molecule has 7 nitrogen and oxygen atoms in total. The van der Waals surface area contributed by atoms with E-state index in [0.717, 1.165) is 62.5 Å². The minimum atomic E-state index is 0.620. The van der Waals surface area contributed by atoms with Crippen molar-refractivity contribution in [3.8, 4) is 5.88 Å². The molecule has 122 valence electrons. The third kappa shape index (κ3) is 4.16. The molecule has 0 bridgehead atoms. The van der Waals surface area contributed by atoms with Gasteiger partial charge in [0, 0.05) is 44.1 Å². The lowest BCUT2D eigenvalue weighted by atomic mass is 10.3. The van der Waals surface area contributed by atoms with Crippen LogP contribution in [0.3, 0.4) is 0 Å². The Hall–Kier alpha value is -1.22. The van der Waals surface area contributed by atoms with Crippen molar-refractivity contribution >= 4 is 23.3 Å². The number of nitrogen functional groups attached to an aromatic ring is 1. The van der Waals surface area contributed by atoms with Crippen molar-refractivity contribution in [1.82, 2.24) is 9.88 Å². The zero-order valence-corrected chi connectivity index (χ0v) is 13.5. The molecule has 0 atom stereocenters. The fraction of sp³-hybridized carbons (Fsp3) is 0.643. The van der Waals surface area contributed by atoms with Crippen molar-refractivity contribution in [2.75, 3.05) is 68.0 Å². The molecular weight excluding hydrogens is 302 g/mol. The largest absolute Gasteiger partial charge is 0.476 e. The molecule has 3 rings (SSSR count). The molecule has 0 aromatic carbocycles. The molecule has 1 aromatic heterocycles. The van der Waals surface area contributed by atoms with Crippen molar-refractivity contribution in [2.45, 2.75) is 0 Å². The van der Waals surface area contributed by atoms with Gasteiger partial charge in [0.2, 0.25) is 5.88 Å². The molecule has 8 heteroatoms. The van der Waals surface area contributed by atoms with E-state index in [9.17, 15) is 0 Å². The highest BCUT2D eigenvalue weighted by atomic mass is 32.2.